The molecule has 0 heterocycles. The zero-order chi connectivity index (χ0) is 15.2. The first-order chi connectivity index (χ1) is 9.35. The monoisotopic (exact) mass is 285 g/mol. The Balaban J connectivity index is 2.47. The molecule has 1 saturated carbocycles. The zero-order valence-electron chi connectivity index (χ0n) is 11.8. The van der Waals surface area contributed by atoms with E-state index >= 15 is 0 Å². The van der Waals surface area contributed by atoms with E-state index in [1.165, 1.54) is 0 Å². The van der Waals surface area contributed by atoms with E-state index in [9.17, 15) is 19.5 Å². The second-order valence-electron chi connectivity index (χ2n) is 5.54. The van der Waals surface area contributed by atoms with Crippen LogP contribution in [0.5, 0.6) is 0 Å². The Morgan fingerprint density at radius 2 is 2.10 bits per heavy atom. The fraction of sp³-hybridized carbons (Fsp3) is 0.769. The molecule has 0 aromatic heterocycles. The third kappa shape index (κ3) is 4.71. The lowest BCUT2D eigenvalue weighted by Gasteiger charge is -2.37. The summed E-state index contributed by atoms with van der Waals surface area (Å²) in [6.45, 7) is 2.28. The summed E-state index contributed by atoms with van der Waals surface area (Å²) in [4.78, 5) is 33.8. The molecule has 20 heavy (non-hydrogen) atoms. The van der Waals surface area contributed by atoms with Gasteiger partial charge in [-0.2, -0.15) is 0 Å². The minimum absolute atomic E-state index is 0.196. The number of carbonyl (C=O) groups excluding carboxylic acids is 2. The van der Waals surface area contributed by atoms with E-state index in [1.54, 1.807) is 0 Å². The Hall–Kier alpha value is -1.79. The summed E-state index contributed by atoms with van der Waals surface area (Å²) in [5, 5.41) is 14.5. The summed E-state index contributed by atoms with van der Waals surface area (Å²) < 4.78 is 0. The third-order valence-corrected chi connectivity index (χ3v) is 3.65. The topological polar surface area (TPSA) is 122 Å². The van der Waals surface area contributed by atoms with Gasteiger partial charge in [-0.25, -0.2) is 9.59 Å². The number of primary amides is 1. The van der Waals surface area contributed by atoms with Crippen LogP contribution in [0.25, 0.3) is 0 Å². The second kappa shape index (κ2) is 7.12. The molecule has 1 rings (SSSR count). The number of hydrogen-bond donors (Lipinski definition) is 4. The summed E-state index contributed by atoms with van der Waals surface area (Å²) in [7, 11) is 0. The average Bonchev–Trinajstić information content (AvgIpc) is 2.34. The van der Waals surface area contributed by atoms with Gasteiger partial charge in [-0.05, 0) is 25.2 Å². The van der Waals surface area contributed by atoms with Crippen LogP contribution >= 0.6 is 0 Å². The molecule has 0 spiro atoms. The second-order valence-corrected chi connectivity index (χ2v) is 5.54. The molecule has 0 bridgehead atoms. The van der Waals surface area contributed by atoms with Gasteiger partial charge in [0.1, 0.15) is 5.54 Å². The molecule has 1 aliphatic rings. The van der Waals surface area contributed by atoms with Gasteiger partial charge < -0.3 is 21.5 Å². The fourth-order valence-electron chi connectivity index (χ4n) is 2.64. The SMILES string of the molecule is CC1CCCC(NC(=O)NCCCC(N)=O)(C(=O)O)C1. The van der Waals surface area contributed by atoms with Gasteiger partial charge in [-0.3, -0.25) is 4.79 Å². The van der Waals surface area contributed by atoms with Crippen molar-refractivity contribution in [3.05, 3.63) is 0 Å². The lowest BCUT2D eigenvalue weighted by atomic mass is 9.76. The van der Waals surface area contributed by atoms with Crippen molar-refractivity contribution in [2.75, 3.05) is 6.54 Å². The Morgan fingerprint density at radius 1 is 1.40 bits per heavy atom. The van der Waals surface area contributed by atoms with E-state index in [1.807, 2.05) is 6.92 Å². The Morgan fingerprint density at radius 3 is 2.65 bits per heavy atom. The molecule has 114 valence electrons. The van der Waals surface area contributed by atoms with Gasteiger partial charge in [0.05, 0.1) is 0 Å². The highest BCUT2D eigenvalue weighted by molar-refractivity contribution is 5.86. The van der Waals surface area contributed by atoms with Crippen LogP contribution in [0.1, 0.15) is 45.4 Å². The van der Waals surface area contributed by atoms with E-state index in [4.69, 9.17) is 5.73 Å². The van der Waals surface area contributed by atoms with E-state index in [2.05, 4.69) is 10.6 Å². The lowest BCUT2D eigenvalue weighted by Crippen LogP contribution is -2.59. The summed E-state index contributed by atoms with van der Waals surface area (Å²) >= 11 is 0. The van der Waals surface area contributed by atoms with Crippen molar-refractivity contribution in [1.29, 1.82) is 0 Å². The maximum absolute atomic E-state index is 11.8. The number of nitrogens with two attached hydrogens (primary N) is 1. The molecule has 1 fully saturated rings. The minimum Gasteiger partial charge on any atom is -0.480 e. The number of carbonyl (C=O) groups is 3. The lowest BCUT2D eigenvalue weighted by molar-refractivity contribution is -0.146. The molecule has 0 saturated heterocycles. The number of nitrogens with one attached hydrogen (secondary N) is 2. The largest absolute Gasteiger partial charge is 0.480 e. The van der Waals surface area contributed by atoms with Gasteiger partial charge >= 0.3 is 12.0 Å². The number of carboxylic acids is 1. The molecular weight excluding hydrogens is 262 g/mol. The van der Waals surface area contributed by atoms with Crippen molar-refractivity contribution in [2.45, 2.75) is 51.0 Å². The predicted molar refractivity (Wildman–Crippen MR) is 73.0 cm³/mol. The van der Waals surface area contributed by atoms with Gasteiger partial charge in [-0.15, -0.1) is 0 Å². The van der Waals surface area contributed by atoms with Gasteiger partial charge in [0.25, 0.3) is 0 Å². The maximum atomic E-state index is 11.8. The Kier molecular flexibility index (Phi) is 5.79. The van der Waals surface area contributed by atoms with Crippen molar-refractivity contribution in [1.82, 2.24) is 10.6 Å². The smallest absolute Gasteiger partial charge is 0.329 e. The quantitative estimate of drug-likeness (QED) is 0.533. The molecule has 0 aromatic carbocycles. The first-order valence-electron chi connectivity index (χ1n) is 6.93. The number of carboxylic acid groups (broad SMARTS) is 1. The molecule has 5 N–H and O–H groups in total. The molecule has 2 unspecified atom stereocenters. The fourth-order valence-corrected chi connectivity index (χ4v) is 2.64. The van der Waals surface area contributed by atoms with Crippen molar-refractivity contribution in [3.63, 3.8) is 0 Å². The van der Waals surface area contributed by atoms with Crippen molar-refractivity contribution >= 4 is 17.9 Å². The highest BCUT2D eigenvalue weighted by Crippen LogP contribution is 2.32. The number of urea groups is 1. The molecule has 0 radical (unpaired) electrons. The third-order valence-electron chi connectivity index (χ3n) is 3.65. The van der Waals surface area contributed by atoms with E-state index in [0.29, 0.717) is 25.8 Å². The van der Waals surface area contributed by atoms with Crippen LogP contribution in [0.15, 0.2) is 0 Å². The molecule has 0 aliphatic heterocycles. The molecule has 3 amide bonds. The van der Waals surface area contributed by atoms with Crippen LogP contribution in [0, 0.1) is 5.92 Å². The first-order valence-corrected chi connectivity index (χ1v) is 6.93. The van der Waals surface area contributed by atoms with Gasteiger partial charge in [0.15, 0.2) is 0 Å². The van der Waals surface area contributed by atoms with E-state index in [0.717, 1.165) is 12.8 Å². The molecule has 7 nitrogen and oxygen atoms in total. The van der Waals surface area contributed by atoms with Crippen molar-refractivity contribution in [3.8, 4) is 0 Å². The highest BCUT2D eigenvalue weighted by Gasteiger charge is 2.43. The van der Waals surface area contributed by atoms with Crippen molar-refractivity contribution in [2.24, 2.45) is 11.7 Å². The van der Waals surface area contributed by atoms with Crippen LogP contribution < -0.4 is 16.4 Å². The van der Waals surface area contributed by atoms with Crippen molar-refractivity contribution < 1.29 is 19.5 Å². The molecule has 1 aliphatic carbocycles. The van der Waals surface area contributed by atoms with Gasteiger partial charge in [-0.1, -0.05) is 19.8 Å². The van der Waals surface area contributed by atoms with Crippen LogP contribution in [0.4, 0.5) is 4.79 Å². The summed E-state index contributed by atoms with van der Waals surface area (Å²) in [5.74, 6) is -1.14. The van der Waals surface area contributed by atoms with Crippen LogP contribution in [0.3, 0.4) is 0 Å². The van der Waals surface area contributed by atoms with Gasteiger partial charge in [0.2, 0.25) is 5.91 Å². The molecule has 0 aromatic rings. The van der Waals surface area contributed by atoms with Crippen LogP contribution in [0.2, 0.25) is 0 Å². The summed E-state index contributed by atoms with van der Waals surface area (Å²) in [6, 6.07) is -0.508. The normalized spacial score (nSPS) is 25.8. The van der Waals surface area contributed by atoms with E-state index < -0.39 is 23.4 Å². The first kappa shape index (κ1) is 16.3. The van der Waals surface area contributed by atoms with E-state index in [-0.39, 0.29) is 12.3 Å². The average molecular weight is 285 g/mol. The Bertz CT molecular complexity index is 386. The number of hydrogen-bond acceptors (Lipinski definition) is 3. The highest BCUT2D eigenvalue weighted by atomic mass is 16.4. The predicted octanol–water partition coefficient (Wildman–Crippen LogP) is 0.585. The molecule has 2 atom stereocenters. The molecule has 7 heteroatoms. The maximum Gasteiger partial charge on any atom is 0.329 e. The van der Waals surface area contributed by atoms with Crippen LogP contribution in [-0.2, 0) is 9.59 Å². The minimum atomic E-state index is -1.18. The standard InChI is InChI=1S/C13H23N3O4/c1-9-4-2-6-13(8-9,11(18)19)16-12(20)15-7-3-5-10(14)17/h9H,2-8H2,1H3,(H2,14,17)(H,18,19)(H2,15,16,20). The molecular formula is C13H23N3O4. The number of amides is 3. The number of rotatable bonds is 6. The van der Waals surface area contributed by atoms with Gasteiger partial charge in [0, 0.05) is 13.0 Å². The Labute approximate surface area is 118 Å². The summed E-state index contributed by atoms with van der Waals surface area (Å²) in [5.41, 5.74) is 3.81. The zero-order valence-corrected chi connectivity index (χ0v) is 11.8. The van der Waals surface area contributed by atoms with Crippen LogP contribution in [-0.4, -0.2) is 35.1 Å². The number of aliphatic carboxylic acids is 1. The summed E-state index contributed by atoms with van der Waals surface area (Å²) in [6.07, 6.45) is 3.30.